The standard InChI is InChI=1S/C41H65NO5/c1-26-24-34-38(6)20-16-27(2)37(4,5)33(38)18-22-39(34,7)40(8)21-17-31(35(26)40)41(9,47-28(3)43)19-11-23-42-32(36(45)46-10)25-29-12-14-30(44)15-13-29/h12-15,26-27,31-35,42,44H,11,16-25H2,1-10H3/t26?,27-,31?,32?,33?,34?,35+,38?,39?,40+,41-/m0/s1. The summed E-state index contributed by atoms with van der Waals surface area (Å²) in [6.07, 6.45) is 10.9. The van der Waals surface area contributed by atoms with Gasteiger partial charge < -0.3 is 19.9 Å². The summed E-state index contributed by atoms with van der Waals surface area (Å²) in [7, 11) is 1.42. The second kappa shape index (κ2) is 13.0. The largest absolute Gasteiger partial charge is 0.508 e. The predicted octanol–water partition coefficient (Wildman–Crippen LogP) is 8.74. The number of nitrogens with one attached hydrogen (secondary N) is 1. The van der Waals surface area contributed by atoms with Crippen molar-refractivity contribution in [3.63, 3.8) is 0 Å². The Hall–Kier alpha value is -2.08. The van der Waals surface area contributed by atoms with E-state index in [1.54, 1.807) is 19.1 Å². The highest BCUT2D eigenvalue weighted by molar-refractivity contribution is 5.76. The Labute approximate surface area is 285 Å². The second-order valence-corrected chi connectivity index (χ2v) is 18.0. The number of rotatable bonds is 10. The fraction of sp³-hybridized carbons (Fsp3) is 0.805. The Balaban J connectivity index is 1.33. The first kappa shape index (κ1) is 36.2. The van der Waals surface area contributed by atoms with Gasteiger partial charge in [0.05, 0.1) is 7.11 Å². The molecule has 4 saturated carbocycles. The van der Waals surface area contributed by atoms with Crippen LogP contribution in [-0.2, 0) is 25.5 Å². The van der Waals surface area contributed by atoms with E-state index in [4.69, 9.17) is 9.47 Å². The first-order chi connectivity index (χ1) is 21.9. The van der Waals surface area contributed by atoms with Gasteiger partial charge in [-0.25, -0.2) is 0 Å². The maximum Gasteiger partial charge on any atom is 0.323 e. The Morgan fingerprint density at radius 3 is 2.28 bits per heavy atom. The molecule has 0 amide bonds. The molecule has 4 fully saturated rings. The van der Waals surface area contributed by atoms with E-state index in [2.05, 4.69) is 60.7 Å². The van der Waals surface area contributed by atoms with Crippen LogP contribution in [0.1, 0.15) is 126 Å². The molecule has 0 spiro atoms. The van der Waals surface area contributed by atoms with E-state index in [1.807, 2.05) is 12.1 Å². The third kappa shape index (κ3) is 6.16. The molecular weight excluding hydrogens is 586 g/mol. The van der Waals surface area contributed by atoms with E-state index in [1.165, 1.54) is 45.6 Å². The summed E-state index contributed by atoms with van der Waals surface area (Å²) in [5.41, 5.74) is 1.64. The highest BCUT2D eigenvalue weighted by atomic mass is 16.6. The number of phenolic OH excluding ortho intramolecular Hbond substituents is 1. The maximum atomic E-state index is 12.7. The Kier molecular flexibility index (Phi) is 10.0. The molecule has 0 heterocycles. The number of phenols is 1. The first-order valence-corrected chi connectivity index (χ1v) is 18.7. The number of hydrogen-bond donors (Lipinski definition) is 2. The van der Waals surface area contributed by atoms with E-state index in [9.17, 15) is 14.7 Å². The molecule has 6 heteroatoms. The van der Waals surface area contributed by atoms with Crippen molar-refractivity contribution in [3.05, 3.63) is 29.8 Å². The Bertz CT molecular complexity index is 1290. The minimum atomic E-state index is -0.561. The molecule has 0 aliphatic heterocycles. The molecule has 0 bridgehead atoms. The molecule has 4 aliphatic carbocycles. The van der Waals surface area contributed by atoms with E-state index in [0.29, 0.717) is 41.5 Å². The van der Waals surface area contributed by atoms with Crippen molar-refractivity contribution in [3.8, 4) is 5.75 Å². The zero-order valence-corrected chi connectivity index (χ0v) is 31.2. The molecule has 1 aromatic rings. The summed E-state index contributed by atoms with van der Waals surface area (Å²) in [5.74, 6) is 3.38. The summed E-state index contributed by atoms with van der Waals surface area (Å²) in [6.45, 7) is 22.5. The van der Waals surface area contributed by atoms with Crippen LogP contribution in [0.25, 0.3) is 0 Å². The lowest BCUT2D eigenvalue weighted by molar-refractivity contribution is -0.229. The molecule has 1 aromatic carbocycles. The lowest BCUT2D eigenvalue weighted by Gasteiger charge is -2.71. The van der Waals surface area contributed by atoms with Crippen molar-refractivity contribution in [2.24, 2.45) is 57.2 Å². The highest BCUT2D eigenvalue weighted by Crippen LogP contribution is 2.77. The van der Waals surface area contributed by atoms with Gasteiger partial charge in [0.25, 0.3) is 0 Å². The van der Waals surface area contributed by atoms with Crippen molar-refractivity contribution in [2.75, 3.05) is 13.7 Å². The molecular formula is C41H65NO5. The van der Waals surface area contributed by atoms with Gasteiger partial charge in [-0.1, -0.05) is 60.6 Å². The van der Waals surface area contributed by atoms with Crippen molar-refractivity contribution >= 4 is 11.9 Å². The second-order valence-electron chi connectivity index (χ2n) is 18.0. The van der Waals surface area contributed by atoms with Gasteiger partial charge in [-0.15, -0.1) is 0 Å². The molecule has 0 saturated heterocycles. The molecule has 7 unspecified atom stereocenters. The summed E-state index contributed by atoms with van der Waals surface area (Å²) >= 11 is 0. The summed E-state index contributed by atoms with van der Waals surface area (Å²) in [6, 6.07) is 6.46. The number of ether oxygens (including phenoxy) is 2. The van der Waals surface area contributed by atoms with Crippen LogP contribution in [0, 0.1) is 57.2 Å². The number of fused-ring (bicyclic) bond motifs is 5. The van der Waals surface area contributed by atoms with Crippen molar-refractivity contribution in [1.82, 2.24) is 5.32 Å². The zero-order chi connectivity index (χ0) is 34.6. The lowest BCUT2D eigenvalue weighted by Crippen LogP contribution is -2.64. The van der Waals surface area contributed by atoms with Gasteiger partial charge in [0.15, 0.2) is 0 Å². The lowest BCUT2D eigenvalue weighted by atomic mass is 9.34. The molecule has 11 atom stereocenters. The minimum absolute atomic E-state index is 0.201. The predicted molar refractivity (Wildman–Crippen MR) is 188 cm³/mol. The number of benzene rings is 1. The SMILES string of the molecule is COC(=O)C(Cc1ccc(O)cc1)NCCC[C@](C)(OC(C)=O)C1CC[C@]2(C)[C@@H]1C(C)CC1C3(C)CC[C@H](C)C(C)(C)C3CCC12C. The Morgan fingerprint density at radius 2 is 1.64 bits per heavy atom. The van der Waals surface area contributed by atoms with Crippen LogP contribution in [0.2, 0.25) is 0 Å². The Morgan fingerprint density at radius 1 is 0.979 bits per heavy atom. The van der Waals surface area contributed by atoms with Crippen LogP contribution in [0.4, 0.5) is 0 Å². The summed E-state index contributed by atoms with van der Waals surface area (Å²) in [5, 5.41) is 13.1. The van der Waals surface area contributed by atoms with Crippen molar-refractivity contribution < 1.29 is 24.2 Å². The van der Waals surface area contributed by atoms with E-state index in [0.717, 1.165) is 42.6 Å². The zero-order valence-electron chi connectivity index (χ0n) is 31.2. The van der Waals surface area contributed by atoms with Crippen LogP contribution in [-0.4, -0.2) is 42.3 Å². The highest BCUT2D eigenvalue weighted by Gasteiger charge is 2.70. The van der Waals surface area contributed by atoms with Gasteiger partial charge in [-0.3, -0.25) is 9.59 Å². The number of aromatic hydroxyl groups is 1. The van der Waals surface area contributed by atoms with Gasteiger partial charge in [0, 0.05) is 12.8 Å². The van der Waals surface area contributed by atoms with Gasteiger partial charge in [-0.05, 0) is 147 Å². The molecule has 2 N–H and O–H groups in total. The van der Waals surface area contributed by atoms with Gasteiger partial charge in [0.2, 0.25) is 0 Å². The van der Waals surface area contributed by atoms with Gasteiger partial charge in [0.1, 0.15) is 17.4 Å². The average Bonchev–Trinajstić information content (AvgIpc) is 3.39. The number of esters is 2. The normalized spacial score (nSPS) is 39.4. The fourth-order valence-corrected chi connectivity index (χ4v) is 12.7. The molecule has 0 radical (unpaired) electrons. The molecule has 264 valence electrons. The number of methoxy groups -OCH3 is 1. The topological polar surface area (TPSA) is 84.9 Å². The van der Waals surface area contributed by atoms with Crippen LogP contribution in [0.15, 0.2) is 24.3 Å². The monoisotopic (exact) mass is 651 g/mol. The molecule has 47 heavy (non-hydrogen) atoms. The van der Waals surface area contributed by atoms with Crippen LogP contribution >= 0.6 is 0 Å². The van der Waals surface area contributed by atoms with E-state index in [-0.39, 0.29) is 28.5 Å². The third-order valence-electron chi connectivity index (χ3n) is 15.5. The fourth-order valence-electron chi connectivity index (χ4n) is 12.7. The quantitative estimate of drug-likeness (QED) is 0.194. The van der Waals surface area contributed by atoms with Crippen LogP contribution < -0.4 is 5.32 Å². The van der Waals surface area contributed by atoms with E-state index >= 15 is 0 Å². The maximum absolute atomic E-state index is 12.7. The number of hydrogen-bond acceptors (Lipinski definition) is 6. The van der Waals surface area contributed by atoms with Gasteiger partial charge in [-0.2, -0.15) is 0 Å². The number of carbonyl (C=O) groups excluding carboxylic acids is 2. The summed E-state index contributed by atoms with van der Waals surface area (Å²) in [4.78, 5) is 25.4. The molecule has 4 aliphatic rings. The number of carbonyl (C=O) groups is 2. The van der Waals surface area contributed by atoms with Crippen molar-refractivity contribution in [1.29, 1.82) is 0 Å². The minimum Gasteiger partial charge on any atom is -0.508 e. The smallest absolute Gasteiger partial charge is 0.323 e. The van der Waals surface area contributed by atoms with Gasteiger partial charge >= 0.3 is 11.9 Å². The molecule has 5 rings (SSSR count). The van der Waals surface area contributed by atoms with E-state index < -0.39 is 11.6 Å². The van der Waals surface area contributed by atoms with Crippen LogP contribution in [0.5, 0.6) is 5.75 Å². The average molecular weight is 652 g/mol. The molecule has 0 aromatic heterocycles. The third-order valence-corrected chi connectivity index (χ3v) is 15.5. The van der Waals surface area contributed by atoms with Crippen molar-refractivity contribution in [2.45, 2.75) is 138 Å². The first-order valence-electron chi connectivity index (χ1n) is 18.7. The molecule has 6 nitrogen and oxygen atoms in total. The summed E-state index contributed by atoms with van der Waals surface area (Å²) < 4.78 is 11.5. The van der Waals surface area contributed by atoms with Crippen LogP contribution in [0.3, 0.4) is 0 Å².